The predicted molar refractivity (Wildman–Crippen MR) is 247 cm³/mol. The molecule has 0 amide bonds. The molecule has 0 fully saturated rings. The highest BCUT2D eigenvalue weighted by Crippen LogP contribution is 2.44. The van der Waals surface area contributed by atoms with E-state index >= 15 is 0 Å². The van der Waals surface area contributed by atoms with Gasteiger partial charge in [0, 0.05) is 32.8 Å². The molecule has 3 aromatic heterocycles. The van der Waals surface area contributed by atoms with Crippen LogP contribution in [0.1, 0.15) is 5.56 Å². The van der Waals surface area contributed by atoms with Gasteiger partial charge in [-0.3, -0.25) is 0 Å². The highest BCUT2D eigenvalue weighted by Gasteiger charge is 2.20. The average molecular weight is 753 g/mol. The number of rotatable bonds is 5. The van der Waals surface area contributed by atoms with Crippen molar-refractivity contribution < 1.29 is 4.42 Å². The molecule has 0 bridgehead atoms. The lowest BCUT2D eigenvalue weighted by Crippen LogP contribution is -1.98. The van der Waals surface area contributed by atoms with Gasteiger partial charge in [0.15, 0.2) is 0 Å². The van der Waals surface area contributed by atoms with Crippen LogP contribution in [0.3, 0.4) is 0 Å². The fourth-order valence-corrected chi connectivity index (χ4v) is 9.22. The summed E-state index contributed by atoms with van der Waals surface area (Å²) in [6.45, 7) is 2.14. The zero-order valence-corrected chi connectivity index (χ0v) is 32.4. The fourth-order valence-electron chi connectivity index (χ4n) is 9.22. The maximum atomic E-state index is 6.01. The molecule has 0 spiro atoms. The molecule has 276 valence electrons. The van der Waals surface area contributed by atoms with Crippen molar-refractivity contribution in [2.75, 3.05) is 0 Å². The van der Waals surface area contributed by atoms with Crippen LogP contribution >= 0.6 is 0 Å². The lowest BCUT2D eigenvalue weighted by atomic mass is 9.91. The molecule has 3 nitrogen and oxygen atoms in total. The molecule has 59 heavy (non-hydrogen) atoms. The third-order valence-corrected chi connectivity index (χ3v) is 12.1. The minimum atomic E-state index is 0.912. The van der Waals surface area contributed by atoms with Crippen LogP contribution in [0.25, 0.3) is 116 Å². The second-order valence-electron chi connectivity index (χ2n) is 15.6. The molecule has 12 rings (SSSR count). The summed E-state index contributed by atoms with van der Waals surface area (Å²) in [5.74, 6) is 0. The number of aromatic nitrogens is 2. The highest BCUT2D eigenvalue weighted by molar-refractivity contribution is 6.29. The number of hydrogen-bond acceptors (Lipinski definition) is 2. The van der Waals surface area contributed by atoms with Gasteiger partial charge >= 0.3 is 0 Å². The van der Waals surface area contributed by atoms with Crippen molar-refractivity contribution in [1.82, 2.24) is 9.55 Å². The van der Waals surface area contributed by atoms with Crippen LogP contribution < -0.4 is 0 Å². The van der Waals surface area contributed by atoms with Crippen molar-refractivity contribution in [1.29, 1.82) is 0 Å². The molecule has 0 aliphatic heterocycles. The number of hydrogen-bond donors (Lipinski definition) is 0. The van der Waals surface area contributed by atoms with Crippen molar-refractivity contribution in [3.05, 3.63) is 206 Å². The zero-order valence-electron chi connectivity index (χ0n) is 32.4. The Morgan fingerprint density at radius 2 is 0.983 bits per heavy atom. The molecule has 0 saturated heterocycles. The van der Waals surface area contributed by atoms with E-state index in [0.29, 0.717) is 0 Å². The number of nitrogens with zero attached hydrogens (tertiary/aromatic N) is 2. The molecule has 0 saturated carbocycles. The number of aryl methyl sites for hydroxylation is 1. The molecule has 0 aliphatic rings. The summed E-state index contributed by atoms with van der Waals surface area (Å²) in [4.78, 5) is 5.26. The SMILES string of the molecule is Cc1ccc(-c2ccc3c(c2)c2cc4c5ccccc5c5cc(-c6cccc7ccoc67)ccc5c4cc2n3-c2cc(-c3ccccc3)nc(-c3ccccc3)c2)cc1. The summed E-state index contributed by atoms with van der Waals surface area (Å²) in [7, 11) is 0. The molecular weight excluding hydrogens is 717 g/mol. The van der Waals surface area contributed by atoms with Crippen molar-refractivity contribution in [3.8, 4) is 50.5 Å². The maximum absolute atomic E-state index is 6.01. The summed E-state index contributed by atoms with van der Waals surface area (Å²) in [6.07, 6.45) is 1.78. The molecule has 0 radical (unpaired) electrons. The Morgan fingerprint density at radius 1 is 0.390 bits per heavy atom. The number of pyridine rings is 1. The molecule has 0 aliphatic carbocycles. The first-order valence-corrected chi connectivity index (χ1v) is 20.2. The second kappa shape index (κ2) is 13.2. The summed E-state index contributed by atoms with van der Waals surface area (Å²) in [6, 6.07) is 70.4. The summed E-state index contributed by atoms with van der Waals surface area (Å²) in [5.41, 5.74) is 14.2. The fraction of sp³-hybridized carbons (Fsp3) is 0.0179. The topological polar surface area (TPSA) is 31.0 Å². The van der Waals surface area contributed by atoms with Crippen LogP contribution in [-0.2, 0) is 0 Å². The van der Waals surface area contributed by atoms with Crippen LogP contribution in [0.4, 0.5) is 0 Å². The van der Waals surface area contributed by atoms with E-state index in [9.17, 15) is 0 Å². The smallest absolute Gasteiger partial charge is 0.141 e. The Kier molecular flexibility index (Phi) is 7.45. The van der Waals surface area contributed by atoms with E-state index in [2.05, 4.69) is 200 Å². The van der Waals surface area contributed by atoms with Gasteiger partial charge in [-0.25, -0.2) is 4.98 Å². The lowest BCUT2D eigenvalue weighted by molar-refractivity contribution is 0.617. The molecule has 3 heterocycles. The molecule has 0 N–H and O–H groups in total. The molecule has 3 heteroatoms. The van der Waals surface area contributed by atoms with Crippen molar-refractivity contribution in [2.24, 2.45) is 0 Å². The Morgan fingerprint density at radius 3 is 1.71 bits per heavy atom. The van der Waals surface area contributed by atoms with Gasteiger partial charge in [-0.05, 0) is 104 Å². The van der Waals surface area contributed by atoms with Gasteiger partial charge < -0.3 is 8.98 Å². The highest BCUT2D eigenvalue weighted by atomic mass is 16.3. The molecule has 9 aromatic carbocycles. The van der Waals surface area contributed by atoms with E-state index in [0.717, 1.165) is 61.3 Å². The molecule has 0 unspecified atom stereocenters. The van der Waals surface area contributed by atoms with E-state index in [1.54, 1.807) is 6.26 Å². The third kappa shape index (κ3) is 5.40. The number of benzene rings is 9. The molecule has 0 atom stereocenters. The van der Waals surface area contributed by atoms with Crippen LogP contribution in [-0.4, -0.2) is 9.55 Å². The van der Waals surface area contributed by atoms with E-state index in [1.807, 2.05) is 6.07 Å². The average Bonchev–Trinajstić information content (AvgIpc) is 3.92. The van der Waals surface area contributed by atoms with E-state index in [-0.39, 0.29) is 0 Å². The van der Waals surface area contributed by atoms with Crippen LogP contribution in [0.2, 0.25) is 0 Å². The number of para-hydroxylation sites is 1. The standard InChI is InChI=1S/C56H36N2O/c1-35-19-21-36(22-20-35)40-24-26-54-50(29-40)51-33-48-45-17-9-8-16-44(45)47-30-41(43-18-10-15-39-27-28-59-56(39)43)23-25-46(47)49(48)34-55(51)58(54)42-31-52(37-11-4-2-5-12-37)57-53(32-42)38-13-6-3-7-14-38/h2-34H,1H3. The van der Waals surface area contributed by atoms with Gasteiger partial charge in [0.25, 0.3) is 0 Å². The third-order valence-electron chi connectivity index (χ3n) is 12.1. The minimum Gasteiger partial charge on any atom is -0.464 e. The lowest BCUT2D eigenvalue weighted by Gasteiger charge is -2.15. The second-order valence-corrected chi connectivity index (χ2v) is 15.6. The quantitative estimate of drug-likeness (QED) is 0.164. The normalized spacial score (nSPS) is 11.8. The summed E-state index contributed by atoms with van der Waals surface area (Å²) in [5, 5.41) is 10.9. The first-order chi connectivity index (χ1) is 29.1. The Balaban J connectivity index is 1.19. The zero-order chi connectivity index (χ0) is 39.0. The van der Waals surface area contributed by atoms with E-state index in [1.165, 1.54) is 59.8 Å². The minimum absolute atomic E-state index is 0.912. The van der Waals surface area contributed by atoms with Crippen molar-refractivity contribution >= 4 is 65.1 Å². The van der Waals surface area contributed by atoms with Gasteiger partial charge in [0.1, 0.15) is 5.58 Å². The van der Waals surface area contributed by atoms with E-state index in [4.69, 9.17) is 9.40 Å². The van der Waals surface area contributed by atoms with Crippen LogP contribution in [0.15, 0.2) is 205 Å². The van der Waals surface area contributed by atoms with Gasteiger partial charge in [0.2, 0.25) is 0 Å². The molecular formula is C56H36N2O. The van der Waals surface area contributed by atoms with E-state index < -0.39 is 0 Å². The monoisotopic (exact) mass is 752 g/mol. The van der Waals surface area contributed by atoms with Gasteiger partial charge in [-0.1, -0.05) is 151 Å². The maximum Gasteiger partial charge on any atom is 0.141 e. The first-order valence-electron chi connectivity index (χ1n) is 20.2. The largest absolute Gasteiger partial charge is 0.464 e. The Bertz CT molecular complexity index is 3540. The summed E-state index contributed by atoms with van der Waals surface area (Å²) < 4.78 is 8.47. The van der Waals surface area contributed by atoms with Crippen LogP contribution in [0.5, 0.6) is 0 Å². The van der Waals surface area contributed by atoms with Crippen molar-refractivity contribution in [3.63, 3.8) is 0 Å². The predicted octanol–water partition coefficient (Wildman–Crippen LogP) is 15.4. The van der Waals surface area contributed by atoms with Crippen molar-refractivity contribution in [2.45, 2.75) is 6.92 Å². The number of fused-ring (bicyclic) bond motifs is 10. The summed E-state index contributed by atoms with van der Waals surface area (Å²) >= 11 is 0. The van der Waals surface area contributed by atoms with Crippen LogP contribution in [0, 0.1) is 6.92 Å². The van der Waals surface area contributed by atoms with Gasteiger partial charge in [-0.2, -0.15) is 0 Å². The van der Waals surface area contributed by atoms with Gasteiger partial charge in [-0.15, -0.1) is 0 Å². The molecule has 12 aromatic rings. The number of furan rings is 1. The first kappa shape index (κ1) is 33.4. The van der Waals surface area contributed by atoms with Gasteiger partial charge in [0.05, 0.1) is 34.4 Å². The Labute approximate surface area is 341 Å². The Hall–Kier alpha value is -7.75.